The second kappa shape index (κ2) is 6.57. The van der Waals surface area contributed by atoms with Gasteiger partial charge in [0.05, 0.1) is 5.97 Å². The SMILES string of the molecule is CC=Cc1ccccc1OCc1ccc(C(=O)[O-])cc1. The molecule has 0 N–H and O–H groups in total. The summed E-state index contributed by atoms with van der Waals surface area (Å²) in [5, 5.41) is 10.7. The zero-order valence-electron chi connectivity index (χ0n) is 11.2. The minimum Gasteiger partial charge on any atom is -0.545 e. The molecule has 0 aromatic heterocycles. The molecule has 0 fully saturated rings. The third kappa shape index (κ3) is 3.48. The molecule has 0 atom stereocenters. The van der Waals surface area contributed by atoms with Crippen molar-refractivity contribution in [2.45, 2.75) is 13.5 Å². The molecule has 0 amide bonds. The normalized spacial score (nSPS) is 10.7. The quantitative estimate of drug-likeness (QED) is 0.836. The fraction of sp³-hybridized carbons (Fsp3) is 0.118. The molecule has 0 unspecified atom stereocenters. The first-order valence-electron chi connectivity index (χ1n) is 6.35. The second-order valence-electron chi connectivity index (χ2n) is 4.31. The highest BCUT2D eigenvalue weighted by Gasteiger charge is 2.01. The topological polar surface area (TPSA) is 49.4 Å². The Balaban J connectivity index is 2.07. The Morgan fingerprint density at radius 1 is 1.15 bits per heavy atom. The predicted octanol–water partition coefficient (Wildman–Crippen LogP) is 2.66. The molecule has 0 saturated carbocycles. The third-order valence-electron chi connectivity index (χ3n) is 2.85. The van der Waals surface area contributed by atoms with Gasteiger partial charge in [-0.25, -0.2) is 0 Å². The van der Waals surface area contributed by atoms with Crippen LogP contribution in [0.15, 0.2) is 54.6 Å². The van der Waals surface area contributed by atoms with Crippen molar-refractivity contribution in [1.29, 1.82) is 0 Å². The van der Waals surface area contributed by atoms with E-state index in [9.17, 15) is 9.90 Å². The maximum absolute atomic E-state index is 10.7. The number of carboxylic acids is 1. The molecule has 0 spiro atoms. The molecule has 102 valence electrons. The monoisotopic (exact) mass is 267 g/mol. The molecule has 0 radical (unpaired) electrons. The number of allylic oxidation sites excluding steroid dienone is 1. The molecule has 2 aromatic carbocycles. The Kier molecular flexibility index (Phi) is 4.56. The van der Waals surface area contributed by atoms with Crippen LogP contribution in [0.2, 0.25) is 0 Å². The number of rotatable bonds is 5. The fourth-order valence-corrected chi connectivity index (χ4v) is 1.83. The standard InChI is InChI=1S/C17H16O3/c1-2-5-14-6-3-4-7-16(14)20-12-13-8-10-15(11-9-13)17(18)19/h2-11H,12H2,1H3,(H,18,19)/p-1. The number of benzene rings is 2. The van der Waals surface area contributed by atoms with Crippen molar-refractivity contribution >= 4 is 12.0 Å². The van der Waals surface area contributed by atoms with Crippen LogP contribution in [0.1, 0.15) is 28.4 Å². The van der Waals surface area contributed by atoms with Crippen LogP contribution < -0.4 is 9.84 Å². The van der Waals surface area contributed by atoms with Crippen LogP contribution in [0.25, 0.3) is 6.08 Å². The summed E-state index contributed by atoms with van der Waals surface area (Å²) in [6.07, 6.45) is 3.94. The first kappa shape index (κ1) is 13.9. The largest absolute Gasteiger partial charge is 0.545 e. The first-order valence-corrected chi connectivity index (χ1v) is 6.35. The number of ether oxygens (including phenoxy) is 1. The van der Waals surface area contributed by atoms with Gasteiger partial charge in [-0.3, -0.25) is 0 Å². The van der Waals surface area contributed by atoms with Gasteiger partial charge in [-0.15, -0.1) is 0 Å². The zero-order chi connectivity index (χ0) is 14.4. The van der Waals surface area contributed by atoms with Crippen molar-refractivity contribution in [3.8, 4) is 5.75 Å². The van der Waals surface area contributed by atoms with E-state index in [0.29, 0.717) is 6.61 Å². The number of hydrogen-bond donors (Lipinski definition) is 0. The van der Waals surface area contributed by atoms with Gasteiger partial charge in [-0.2, -0.15) is 0 Å². The first-order chi connectivity index (χ1) is 9.70. The highest BCUT2D eigenvalue weighted by molar-refractivity contribution is 5.85. The van der Waals surface area contributed by atoms with Crippen molar-refractivity contribution in [1.82, 2.24) is 0 Å². The van der Waals surface area contributed by atoms with E-state index >= 15 is 0 Å². The Labute approximate surface area is 118 Å². The summed E-state index contributed by atoms with van der Waals surface area (Å²) in [5.41, 5.74) is 2.09. The van der Waals surface area contributed by atoms with Crippen LogP contribution in [0, 0.1) is 0 Å². The van der Waals surface area contributed by atoms with Crippen LogP contribution >= 0.6 is 0 Å². The number of carboxylic acid groups (broad SMARTS) is 1. The van der Waals surface area contributed by atoms with Gasteiger partial charge in [0.25, 0.3) is 0 Å². The zero-order valence-corrected chi connectivity index (χ0v) is 11.2. The van der Waals surface area contributed by atoms with Crippen molar-refractivity contribution in [2.24, 2.45) is 0 Å². The maximum atomic E-state index is 10.7. The average Bonchev–Trinajstić information content (AvgIpc) is 2.47. The van der Waals surface area contributed by atoms with E-state index in [1.807, 2.05) is 43.3 Å². The van der Waals surface area contributed by atoms with Gasteiger partial charge < -0.3 is 14.6 Å². The molecular weight excluding hydrogens is 252 g/mol. The average molecular weight is 267 g/mol. The number of hydrogen-bond acceptors (Lipinski definition) is 3. The van der Waals surface area contributed by atoms with E-state index < -0.39 is 5.97 Å². The van der Waals surface area contributed by atoms with Crippen molar-refractivity contribution in [3.05, 3.63) is 71.3 Å². The smallest absolute Gasteiger partial charge is 0.127 e. The molecule has 3 heteroatoms. The predicted molar refractivity (Wildman–Crippen MR) is 76.3 cm³/mol. The molecule has 3 nitrogen and oxygen atoms in total. The van der Waals surface area contributed by atoms with E-state index in [-0.39, 0.29) is 5.56 Å². The molecule has 2 rings (SSSR count). The van der Waals surface area contributed by atoms with E-state index in [1.54, 1.807) is 12.1 Å². The molecule has 0 aliphatic carbocycles. The number of carbonyl (C=O) groups excluding carboxylic acids is 1. The van der Waals surface area contributed by atoms with Crippen molar-refractivity contribution in [3.63, 3.8) is 0 Å². The van der Waals surface area contributed by atoms with Crippen LogP contribution in [0.4, 0.5) is 0 Å². The number of para-hydroxylation sites is 1. The summed E-state index contributed by atoms with van der Waals surface area (Å²) in [6, 6.07) is 14.3. The number of carbonyl (C=O) groups is 1. The molecule has 0 heterocycles. The van der Waals surface area contributed by atoms with Gasteiger partial charge >= 0.3 is 0 Å². The molecule has 0 aliphatic rings. The highest BCUT2D eigenvalue weighted by atomic mass is 16.5. The highest BCUT2D eigenvalue weighted by Crippen LogP contribution is 2.20. The summed E-state index contributed by atoms with van der Waals surface area (Å²) >= 11 is 0. The Morgan fingerprint density at radius 3 is 2.50 bits per heavy atom. The molecular formula is C17H15O3-. The Bertz CT molecular complexity index is 612. The summed E-state index contributed by atoms with van der Waals surface area (Å²) in [7, 11) is 0. The molecule has 0 saturated heterocycles. The maximum Gasteiger partial charge on any atom is 0.127 e. The fourth-order valence-electron chi connectivity index (χ4n) is 1.83. The lowest BCUT2D eigenvalue weighted by molar-refractivity contribution is -0.255. The lowest BCUT2D eigenvalue weighted by Crippen LogP contribution is -2.22. The Morgan fingerprint density at radius 2 is 1.85 bits per heavy atom. The molecule has 0 bridgehead atoms. The Hall–Kier alpha value is -2.55. The summed E-state index contributed by atoms with van der Waals surface area (Å²) in [4.78, 5) is 10.7. The second-order valence-corrected chi connectivity index (χ2v) is 4.31. The van der Waals surface area contributed by atoms with Crippen LogP contribution in [0.3, 0.4) is 0 Å². The van der Waals surface area contributed by atoms with Gasteiger partial charge in [-0.1, -0.05) is 54.6 Å². The van der Waals surface area contributed by atoms with Crippen molar-refractivity contribution < 1.29 is 14.6 Å². The van der Waals surface area contributed by atoms with Gasteiger partial charge in [-0.05, 0) is 24.1 Å². The summed E-state index contributed by atoms with van der Waals surface area (Å²) in [6.45, 7) is 2.34. The minimum atomic E-state index is -1.17. The van der Waals surface area contributed by atoms with E-state index in [2.05, 4.69) is 0 Å². The van der Waals surface area contributed by atoms with E-state index in [0.717, 1.165) is 16.9 Å². The molecule has 0 aliphatic heterocycles. The van der Waals surface area contributed by atoms with E-state index in [4.69, 9.17) is 4.74 Å². The minimum absolute atomic E-state index is 0.170. The van der Waals surface area contributed by atoms with Crippen molar-refractivity contribution in [2.75, 3.05) is 0 Å². The number of aromatic carboxylic acids is 1. The van der Waals surface area contributed by atoms with Crippen LogP contribution in [-0.4, -0.2) is 5.97 Å². The molecule has 20 heavy (non-hydrogen) atoms. The van der Waals surface area contributed by atoms with Gasteiger partial charge in [0.1, 0.15) is 12.4 Å². The molecule has 2 aromatic rings. The van der Waals surface area contributed by atoms with Crippen LogP contribution in [-0.2, 0) is 6.61 Å². The van der Waals surface area contributed by atoms with Gasteiger partial charge in [0.15, 0.2) is 0 Å². The van der Waals surface area contributed by atoms with Gasteiger partial charge in [0.2, 0.25) is 0 Å². The van der Waals surface area contributed by atoms with Crippen LogP contribution in [0.5, 0.6) is 5.75 Å². The van der Waals surface area contributed by atoms with Gasteiger partial charge in [0, 0.05) is 5.56 Å². The summed E-state index contributed by atoms with van der Waals surface area (Å²) in [5.74, 6) is -0.370. The van der Waals surface area contributed by atoms with E-state index in [1.165, 1.54) is 12.1 Å². The third-order valence-corrected chi connectivity index (χ3v) is 2.85. The lowest BCUT2D eigenvalue weighted by atomic mass is 10.1. The lowest BCUT2D eigenvalue weighted by Gasteiger charge is -2.10. The summed E-state index contributed by atoms with van der Waals surface area (Å²) < 4.78 is 5.76.